The van der Waals surface area contributed by atoms with Gasteiger partial charge >= 0.3 is 0 Å². The molecule has 0 aromatic carbocycles. The van der Waals surface area contributed by atoms with Crippen LogP contribution in [-0.4, -0.2) is 36.9 Å². The second kappa shape index (κ2) is 4.62. The first kappa shape index (κ1) is 13.2. The topological polar surface area (TPSA) is 37.4 Å². The summed E-state index contributed by atoms with van der Waals surface area (Å²) in [7, 11) is -1.53. The van der Waals surface area contributed by atoms with E-state index in [0.717, 1.165) is 0 Å². The minimum Gasteiger partial charge on any atom is -0.212 e. The molecule has 80 valence electrons. The van der Waals surface area contributed by atoms with Gasteiger partial charge in [0.05, 0.1) is 5.75 Å². The summed E-state index contributed by atoms with van der Waals surface area (Å²) >= 11 is 5.44. The van der Waals surface area contributed by atoms with Gasteiger partial charge in [0.2, 0.25) is 10.0 Å². The van der Waals surface area contributed by atoms with Crippen LogP contribution in [0.25, 0.3) is 0 Å². The number of hydrogen-bond acceptors (Lipinski definition) is 2. The van der Waals surface area contributed by atoms with E-state index in [1.54, 1.807) is 7.05 Å². The van der Waals surface area contributed by atoms with Crippen molar-refractivity contribution in [1.82, 2.24) is 4.31 Å². The van der Waals surface area contributed by atoms with Gasteiger partial charge in [-0.15, -0.1) is 11.6 Å². The number of rotatable bonds is 4. The minimum atomic E-state index is -3.13. The summed E-state index contributed by atoms with van der Waals surface area (Å²) in [6, 6.07) is 0. The molecule has 0 heterocycles. The Balaban J connectivity index is 4.47. The van der Waals surface area contributed by atoms with Crippen molar-refractivity contribution in [1.29, 1.82) is 0 Å². The summed E-state index contributed by atoms with van der Waals surface area (Å²) in [5, 5.41) is 0. The van der Waals surface area contributed by atoms with Gasteiger partial charge in [0, 0.05) is 18.5 Å². The molecule has 0 atom stereocenters. The van der Waals surface area contributed by atoms with Gasteiger partial charge in [0.1, 0.15) is 0 Å². The molecule has 5 heteroatoms. The van der Waals surface area contributed by atoms with Crippen LogP contribution >= 0.6 is 11.6 Å². The Morgan fingerprint density at radius 2 is 1.77 bits per heavy atom. The first-order valence-corrected chi connectivity index (χ1v) is 6.39. The molecule has 0 aromatic rings. The van der Waals surface area contributed by atoms with Crippen molar-refractivity contribution >= 4 is 21.6 Å². The molecule has 0 saturated carbocycles. The average molecular weight is 228 g/mol. The number of nitrogens with zero attached hydrogens (tertiary/aromatic N) is 1. The van der Waals surface area contributed by atoms with Crippen LogP contribution in [0.15, 0.2) is 0 Å². The number of hydrogen-bond donors (Lipinski definition) is 0. The van der Waals surface area contributed by atoms with E-state index < -0.39 is 10.0 Å². The quantitative estimate of drug-likeness (QED) is 0.686. The molecule has 0 unspecified atom stereocenters. The lowest BCUT2D eigenvalue weighted by molar-refractivity contribution is 0.292. The van der Waals surface area contributed by atoms with Crippen LogP contribution < -0.4 is 0 Å². The molecule has 0 aliphatic rings. The van der Waals surface area contributed by atoms with Gasteiger partial charge in [-0.3, -0.25) is 0 Å². The van der Waals surface area contributed by atoms with Gasteiger partial charge in [-0.05, 0) is 27.2 Å². The Kier molecular flexibility index (Phi) is 4.69. The van der Waals surface area contributed by atoms with Crippen LogP contribution in [0.2, 0.25) is 0 Å². The molecule has 0 aliphatic carbocycles. The van der Waals surface area contributed by atoms with Gasteiger partial charge in [0.15, 0.2) is 0 Å². The summed E-state index contributed by atoms with van der Waals surface area (Å²) in [6.07, 6.45) is 0.504. The highest BCUT2D eigenvalue weighted by molar-refractivity contribution is 7.89. The smallest absolute Gasteiger partial charge is 0.212 e. The first-order valence-electron chi connectivity index (χ1n) is 4.24. The van der Waals surface area contributed by atoms with Crippen molar-refractivity contribution < 1.29 is 8.42 Å². The van der Waals surface area contributed by atoms with Crippen LogP contribution in [0.5, 0.6) is 0 Å². The number of halogens is 1. The Hall–Kier alpha value is 0.200. The lowest BCUT2D eigenvalue weighted by atomic mass is 10.1. The standard InChI is InChI=1S/C8H18ClNO2S/c1-8(2,3)10(4)13(11,12)7-5-6-9/h5-7H2,1-4H3. The maximum Gasteiger partial charge on any atom is 0.214 e. The Bertz CT molecular complexity index is 243. The van der Waals surface area contributed by atoms with Crippen molar-refractivity contribution in [3.8, 4) is 0 Å². The summed E-state index contributed by atoms with van der Waals surface area (Å²) in [4.78, 5) is 0. The molecule has 0 aliphatic heterocycles. The molecule has 0 rings (SSSR count). The number of sulfonamides is 1. The highest BCUT2D eigenvalue weighted by Crippen LogP contribution is 2.16. The second-order valence-corrected chi connectivity index (χ2v) is 6.49. The van der Waals surface area contributed by atoms with Gasteiger partial charge in [-0.2, -0.15) is 4.31 Å². The third-order valence-corrected chi connectivity index (χ3v) is 4.35. The lowest BCUT2D eigenvalue weighted by Gasteiger charge is -2.30. The molecular formula is C8H18ClNO2S. The normalized spacial score (nSPS) is 13.7. The van der Waals surface area contributed by atoms with Crippen molar-refractivity contribution in [3.05, 3.63) is 0 Å². The molecule has 0 bridgehead atoms. The zero-order valence-corrected chi connectivity index (χ0v) is 10.2. The fraction of sp³-hybridized carbons (Fsp3) is 1.00. The van der Waals surface area contributed by atoms with Gasteiger partial charge in [0.25, 0.3) is 0 Å². The maximum atomic E-state index is 11.6. The third kappa shape index (κ3) is 4.29. The average Bonchev–Trinajstić information content (AvgIpc) is 1.98. The van der Waals surface area contributed by atoms with E-state index in [4.69, 9.17) is 11.6 Å². The molecule has 0 spiro atoms. The SMILES string of the molecule is CN(C(C)(C)C)S(=O)(=O)CCCCl. The van der Waals surface area contributed by atoms with E-state index in [1.807, 2.05) is 20.8 Å². The Morgan fingerprint density at radius 3 is 2.08 bits per heavy atom. The second-order valence-electron chi connectivity index (χ2n) is 4.00. The molecule has 0 fully saturated rings. The molecule has 3 nitrogen and oxygen atoms in total. The fourth-order valence-electron chi connectivity index (χ4n) is 0.791. The van der Waals surface area contributed by atoms with Gasteiger partial charge in [-0.25, -0.2) is 8.42 Å². The summed E-state index contributed by atoms with van der Waals surface area (Å²) in [5.41, 5.74) is -0.356. The molecule has 0 radical (unpaired) electrons. The van der Waals surface area contributed by atoms with Crippen LogP contribution in [0.3, 0.4) is 0 Å². The monoisotopic (exact) mass is 227 g/mol. The van der Waals surface area contributed by atoms with Gasteiger partial charge in [-0.1, -0.05) is 0 Å². The molecule has 0 aromatic heterocycles. The Labute approximate surface area is 86.1 Å². The van der Waals surface area contributed by atoms with Crippen molar-refractivity contribution in [2.45, 2.75) is 32.7 Å². The van der Waals surface area contributed by atoms with Crippen molar-refractivity contribution in [3.63, 3.8) is 0 Å². The lowest BCUT2D eigenvalue weighted by Crippen LogP contribution is -2.43. The van der Waals surface area contributed by atoms with E-state index in [-0.39, 0.29) is 11.3 Å². The predicted molar refractivity (Wildman–Crippen MR) is 56.6 cm³/mol. The zero-order valence-electron chi connectivity index (χ0n) is 8.67. The van der Waals surface area contributed by atoms with E-state index in [0.29, 0.717) is 12.3 Å². The van der Waals surface area contributed by atoms with E-state index in [2.05, 4.69) is 0 Å². The van der Waals surface area contributed by atoms with Crippen LogP contribution in [-0.2, 0) is 10.0 Å². The van der Waals surface area contributed by atoms with Crippen LogP contribution in [0.4, 0.5) is 0 Å². The Morgan fingerprint density at radius 1 is 1.31 bits per heavy atom. The maximum absolute atomic E-state index is 11.6. The number of alkyl halides is 1. The van der Waals surface area contributed by atoms with E-state index in [1.165, 1.54) is 4.31 Å². The molecule has 0 saturated heterocycles. The summed E-state index contributed by atoms with van der Waals surface area (Å²) in [6.45, 7) is 5.60. The van der Waals surface area contributed by atoms with Crippen LogP contribution in [0, 0.1) is 0 Å². The zero-order chi connectivity index (χ0) is 10.7. The highest BCUT2D eigenvalue weighted by Gasteiger charge is 2.27. The molecule has 0 N–H and O–H groups in total. The fourth-order valence-corrected chi connectivity index (χ4v) is 2.70. The van der Waals surface area contributed by atoms with Crippen LogP contribution in [0.1, 0.15) is 27.2 Å². The summed E-state index contributed by atoms with van der Waals surface area (Å²) in [5.74, 6) is 0.515. The first-order chi connectivity index (χ1) is 5.72. The van der Waals surface area contributed by atoms with Crippen molar-refractivity contribution in [2.24, 2.45) is 0 Å². The largest absolute Gasteiger partial charge is 0.214 e. The molecular weight excluding hydrogens is 210 g/mol. The molecule has 13 heavy (non-hydrogen) atoms. The van der Waals surface area contributed by atoms with Gasteiger partial charge < -0.3 is 0 Å². The highest BCUT2D eigenvalue weighted by atomic mass is 35.5. The van der Waals surface area contributed by atoms with Crippen molar-refractivity contribution in [2.75, 3.05) is 18.7 Å². The summed E-state index contributed by atoms with van der Waals surface area (Å²) < 4.78 is 24.6. The molecule has 0 amide bonds. The minimum absolute atomic E-state index is 0.129. The van der Waals surface area contributed by atoms with E-state index >= 15 is 0 Å². The van der Waals surface area contributed by atoms with E-state index in [9.17, 15) is 8.42 Å². The third-order valence-electron chi connectivity index (χ3n) is 1.90. The predicted octanol–water partition coefficient (Wildman–Crippen LogP) is 1.68.